The van der Waals surface area contributed by atoms with E-state index in [1.165, 1.54) is 21.8 Å². The van der Waals surface area contributed by atoms with E-state index in [1.54, 1.807) is 29.2 Å². The SMILES string of the molecule is C=CCNc1nnc(S[C@H](C)c2nc3sc4c(c3c(=O)[nH]2)CC[C@H](C)C4)s1. The van der Waals surface area contributed by atoms with Crippen LogP contribution in [0, 0.1) is 5.92 Å². The van der Waals surface area contributed by atoms with Crippen molar-refractivity contribution in [2.24, 2.45) is 5.92 Å². The van der Waals surface area contributed by atoms with Crippen LogP contribution < -0.4 is 10.9 Å². The van der Waals surface area contributed by atoms with Crippen molar-refractivity contribution < 1.29 is 0 Å². The summed E-state index contributed by atoms with van der Waals surface area (Å²) < 4.78 is 0.844. The Morgan fingerprint density at radius 3 is 3.11 bits per heavy atom. The first kappa shape index (κ1) is 18.6. The van der Waals surface area contributed by atoms with Gasteiger partial charge in [-0.05, 0) is 37.7 Å². The van der Waals surface area contributed by atoms with Crippen LogP contribution in [-0.4, -0.2) is 26.7 Å². The Kier molecular flexibility index (Phi) is 5.34. The number of nitrogens with one attached hydrogen (secondary N) is 2. The minimum Gasteiger partial charge on any atom is -0.357 e. The fourth-order valence-corrected chi connectivity index (χ4v) is 6.60. The molecule has 142 valence electrons. The number of hydrogen-bond acceptors (Lipinski definition) is 8. The lowest BCUT2D eigenvalue weighted by molar-refractivity contribution is 0.509. The fraction of sp³-hybridized carbons (Fsp3) is 0.444. The molecule has 2 atom stereocenters. The van der Waals surface area contributed by atoms with Crippen molar-refractivity contribution in [2.45, 2.75) is 42.7 Å². The molecule has 4 rings (SSSR count). The number of thioether (sulfide) groups is 1. The molecule has 0 saturated carbocycles. The summed E-state index contributed by atoms with van der Waals surface area (Å²) in [5.74, 6) is 1.37. The van der Waals surface area contributed by atoms with Crippen LogP contribution in [0.4, 0.5) is 5.13 Å². The van der Waals surface area contributed by atoms with Gasteiger partial charge in [-0.25, -0.2) is 4.98 Å². The fourth-order valence-electron chi connectivity index (χ4n) is 3.25. The van der Waals surface area contributed by atoms with Gasteiger partial charge < -0.3 is 10.3 Å². The van der Waals surface area contributed by atoms with Crippen molar-refractivity contribution in [2.75, 3.05) is 11.9 Å². The highest BCUT2D eigenvalue weighted by molar-refractivity contribution is 8.01. The normalized spacial score (nSPS) is 17.6. The second-order valence-corrected chi connectivity index (χ2v) is 10.4. The molecular formula is C18H21N5OS3. The quantitative estimate of drug-likeness (QED) is 0.455. The molecule has 0 radical (unpaired) electrons. The van der Waals surface area contributed by atoms with Gasteiger partial charge >= 0.3 is 0 Å². The lowest BCUT2D eigenvalue weighted by Gasteiger charge is -2.17. The van der Waals surface area contributed by atoms with Gasteiger partial charge in [0.2, 0.25) is 5.13 Å². The third-order valence-corrected chi connectivity index (χ3v) is 7.87. The number of anilines is 1. The maximum absolute atomic E-state index is 12.8. The Balaban J connectivity index is 1.59. The van der Waals surface area contributed by atoms with Crippen molar-refractivity contribution in [3.05, 3.63) is 39.3 Å². The van der Waals surface area contributed by atoms with Crippen LogP contribution in [0.3, 0.4) is 0 Å². The Morgan fingerprint density at radius 1 is 1.44 bits per heavy atom. The van der Waals surface area contributed by atoms with Crippen LogP contribution >= 0.6 is 34.4 Å². The molecule has 1 aliphatic carbocycles. The number of nitrogens with zero attached hydrogens (tertiary/aromatic N) is 3. The molecule has 0 bridgehead atoms. The Labute approximate surface area is 169 Å². The van der Waals surface area contributed by atoms with E-state index in [4.69, 9.17) is 4.98 Å². The predicted molar refractivity (Wildman–Crippen MR) is 114 cm³/mol. The molecule has 0 amide bonds. The van der Waals surface area contributed by atoms with Crippen molar-refractivity contribution in [3.8, 4) is 0 Å². The number of aromatic amines is 1. The van der Waals surface area contributed by atoms with Crippen LogP contribution in [0.1, 0.15) is 41.8 Å². The topological polar surface area (TPSA) is 83.6 Å². The average Bonchev–Trinajstić information content (AvgIpc) is 3.23. The summed E-state index contributed by atoms with van der Waals surface area (Å²) in [6.07, 6.45) is 4.96. The zero-order valence-electron chi connectivity index (χ0n) is 15.2. The molecule has 1 aliphatic rings. The second-order valence-electron chi connectivity index (χ2n) is 6.79. The number of thiophene rings is 1. The van der Waals surface area contributed by atoms with Crippen molar-refractivity contribution in [1.82, 2.24) is 20.2 Å². The Morgan fingerprint density at radius 2 is 2.30 bits per heavy atom. The number of hydrogen-bond donors (Lipinski definition) is 2. The van der Waals surface area contributed by atoms with E-state index in [0.717, 1.165) is 39.0 Å². The minimum absolute atomic E-state index is 0.0136. The monoisotopic (exact) mass is 419 g/mol. The Bertz CT molecular complexity index is 1040. The van der Waals surface area contributed by atoms with Crippen LogP contribution in [0.5, 0.6) is 0 Å². The first-order valence-electron chi connectivity index (χ1n) is 8.94. The van der Waals surface area contributed by atoms with Gasteiger partial charge in [0.15, 0.2) is 4.34 Å². The molecule has 3 heterocycles. The maximum Gasteiger partial charge on any atom is 0.259 e. The molecule has 27 heavy (non-hydrogen) atoms. The average molecular weight is 420 g/mol. The van der Waals surface area contributed by atoms with E-state index < -0.39 is 0 Å². The minimum atomic E-state index is -0.0138. The van der Waals surface area contributed by atoms with Crippen LogP contribution in [0.2, 0.25) is 0 Å². The van der Waals surface area contributed by atoms with E-state index in [-0.39, 0.29) is 10.8 Å². The molecule has 0 aromatic carbocycles. The summed E-state index contributed by atoms with van der Waals surface area (Å²) >= 11 is 4.73. The molecule has 3 aromatic rings. The van der Waals surface area contributed by atoms with E-state index in [9.17, 15) is 4.79 Å². The zero-order valence-corrected chi connectivity index (χ0v) is 17.7. The van der Waals surface area contributed by atoms with Gasteiger partial charge in [-0.1, -0.05) is 36.1 Å². The molecule has 0 saturated heterocycles. The number of aromatic nitrogens is 4. The van der Waals surface area contributed by atoms with Gasteiger partial charge in [-0.2, -0.15) is 0 Å². The number of H-pyrrole nitrogens is 1. The largest absolute Gasteiger partial charge is 0.357 e. The first-order valence-corrected chi connectivity index (χ1v) is 11.5. The van der Waals surface area contributed by atoms with Crippen LogP contribution in [0.15, 0.2) is 21.8 Å². The smallest absolute Gasteiger partial charge is 0.259 e. The van der Waals surface area contributed by atoms with Gasteiger partial charge in [-0.15, -0.1) is 28.1 Å². The zero-order chi connectivity index (χ0) is 19.0. The lowest BCUT2D eigenvalue weighted by atomic mass is 9.89. The number of fused-ring (bicyclic) bond motifs is 3. The molecule has 0 aliphatic heterocycles. The highest BCUT2D eigenvalue weighted by Gasteiger charge is 2.24. The second kappa shape index (κ2) is 7.73. The van der Waals surface area contributed by atoms with Crippen molar-refractivity contribution >= 4 is 49.8 Å². The lowest BCUT2D eigenvalue weighted by Crippen LogP contribution is -2.15. The molecule has 3 aromatic heterocycles. The summed E-state index contributed by atoms with van der Waals surface area (Å²) in [4.78, 5) is 22.7. The molecule has 2 N–H and O–H groups in total. The molecule has 6 nitrogen and oxygen atoms in total. The third-order valence-electron chi connectivity index (χ3n) is 4.65. The molecule has 0 unspecified atom stereocenters. The van der Waals surface area contributed by atoms with Gasteiger partial charge in [0, 0.05) is 11.4 Å². The number of aryl methyl sites for hydroxylation is 1. The maximum atomic E-state index is 12.8. The van der Waals surface area contributed by atoms with Gasteiger partial charge in [0.25, 0.3) is 5.56 Å². The highest BCUT2D eigenvalue weighted by atomic mass is 32.2. The van der Waals surface area contributed by atoms with Gasteiger partial charge in [0.1, 0.15) is 10.7 Å². The summed E-state index contributed by atoms with van der Waals surface area (Å²) in [7, 11) is 0. The van der Waals surface area contributed by atoms with Crippen LogP contribution in [0.25, 0.3) is 10.2 Å². The Hall–Kier alpha value is -1.71. The molecule has 0 spiro atoms. The van der Waals surface area contributed by atoms with Crippen molar-refractivity contribution in [3.63, 3.8) is 0 Å². The van der Waals surface area contributed by atoms with Crippen molar-refractivity contribution in [1.29, 1.82) is 0 Å². The van der Waals surface area contributed by atoms with E-state index in [1.807, 2.05) is 6.92 Å². The van der Waals surface area contributed by atoms with Gasteiger partial charge in [-0.3, -0.25) is 4.79 Å². The predicted octanol–water partition coefficient (Wildman–Crippen LogP) is 4.41. The summed E-state index contributed by atoms with van der Waals surface area (Å²) in [6.45, 7) is 8.64. The molecule has 9 heteroatoms. The first-order chi connectivity index (χ1) is 13.0. The highest BCUT2D eigenvalue weighted by Crippen LogP contribution is 2.38. The summed E-state index contributed by atoms with van der Waals surface area (Å²) in [5.41, 5.74) is 1.20. The van der Waals surface area contributed by atoms with Gasteiger partial charge in [0.05, 0.1) is 10.6 Å². The van der Waals surface area contributed by atoms with E-state index in [0.29, 0.717) is 18.3 Å². The standard InChI is InChI=1S/C18H21N5OS3/c1-4-7-19-17-22-23-18(27-17)25-10(3)14-20-15(24)13-11-6-5-9(2)8-12(11)26-16(13)21-14/h4,9-10H,1,5-8H2,2-3H3,(H,19,22)(H,20,21,24)/t9-,10+/m0/s1. The van der Waals surface area contributed by atoms with E-state index >= 15 is 0 Å². The summed E-state index contributed by atoms with van der Waals surface area (Å²) in [6, 6.07) is 0. The van der Waals surface area contributed by atoms with E-state index in [2.05, 4.69) is 34.0 Å². The van der Waals surface area contributed by atoms with Crippen LogP contribution in [-0.2, 0) is 12.8 Å². The summed E-state index contributed by atoms with van der Waals surface area (Å²) in [5, 5.41) is 13.0. The number of rotatable bonds is 6. The molecule has 0 fully saturated rings. The third kappa shape index (κ3) is 3.81. The molecular weight excluding hydrogens is 398 g/mol.